The van der Waals surface area contributed by atoms with Crippen LogP contribution in [-0.2, 0) is 0 Å². The molecule has 1 aliphatic rings. The Balaban J connectivity index is 2.71. The fraction of sp³-hybridized carbons (Fsp3) is 0.889. The van der Waals surface area contributed by atoms with Crippen molar-refractivity contribution in [3.05, 3.63) is 0 Å². The standard InChI is InChI=1S/C9H23N3Si2/c1-13(2,3)11-7-10-8-12(9-11)14(4,5)6/h7H,8-9H2,1-6H3. The molecule has 0 amide bonds. The van der Waals surface area contributed by atoms with Gasteiger partial charge in [-0.3, -0.25) is 9.56 Å². The van der Waals surface area contributed by atoms with Gasteiger partial charge in [0.05, 0.1) is 19.7 Å². The van der Waals surface area contributed by atoms with Crippen molar-refractivity contribution >= 4 is 22.8 Å². The quantitative estimate of drug-likeness (QED) is 0.676. The van der Waals surface area contributed by atoms with Crippen molar-refractivity contribution < 1.29 is 0 Å². The lowest BCUT2D eigenvalue weighted by atomic mass is 10.8. The van der Waals surface area contributed by atoms with E-state index in [4.69, 9.17) is 0 Å². The molecule has 0 atom stereocenters. The van der Waals surface area contributed by atoms with E-state index in [1.54, 1.807) is 0 Å². The number of hydrogen-bond acceptors (Lipinski definition) is 3. The van der Waals surface area contributed by atoms with Crippen LogP contribution in [0.15, 0.2) is 4.99 Å². The molecule has 3 nitrogen and oxygen atoms in total. The van der Waals surface area contributed by atoms with E-state index in [9.17, 15) is 0 Å². The molecule has 1 aliphatic heterocycles. The summed E-state index contributed by atoms with van der Waals surface area (Å²) in [5.41, 5.74) is 0. The largest absolute Gasteiger partial charge is 0.378 e. The lowest BCUT2D eigenvalue weighted by Gasteiger charge is -2.44. The molecule has 82 valence electrons. The smallest absolute Gasteiger partial charge is 0.150 e. The van der Waals surface area contributed by atoms with Crippen molar-refractivity contribution in [2.75, 3.05) is 13.3 Å². The summed E-state index contributed by atoms with van der Waals surface area (Å²) in [5, 5.41) is 0. The molecule has 0 spiro atoms. The fourth-order valence-electron chi connectivity index (χ4n) is 1.31. The molecule has 0 aromatic carbocycles. The Bertz CT molecular complexity index is 227. The minimum Gasteiger partial charge on any atom is -0.378 e. The van der Waals surface area contributed by atoms with Gasteiger partial charge in [-0.15, -0.1) is 0 Å². The van der Waals surface area contributed by atoms with E-state index in [0.717, 1.165) is 13.3 Å². The summed E-state index contributed by atoms with van der Waals surface area (Å²) in [7, 11) is -2.39. The number of nitrogens with zero attached hydrogens (tertiary/aromatic N) is 3. The second-order valence-electron chi connectivity index (χ2n) is 5.93. The van der Waals surface area contributed by atoms with Crippen LogP contribution in [0.2, 0.25) is 39.3 Å². The first-order valence-electron chi connectivity index (χ1n) is 5.23. The number of rotatable bonds is 2. The molecular formula is C9H23N3Si2. The zero-order valence-corrected chi connectivity index (χ0v) is 12.3. The SMILES string of the molecule is C[Si](C)(C)N1C=NCN([Si](C)(C)C)C1. The van der Waals surface area contributed by atoms with Gasteiger partial charge in [0.1, 0.15) is 16.5 Å². The molecule has 1 heterocycles. The molecular weight excluding hydrogens is 206 g/mol. The Kier molecular flexibility index (Phi) is 3.23. The highest BCUT2D eigenvalue weighted by Gasteiger charge is 2.31. The molecule has 0 aromatic heterocycles. The highest BCUT2D eigenvalue weighted by molar-refractivity contribution is 6.75. The van der Waals surface area contributed by atoms with Crippen molar-refractivity contribution in [1.29, 1.82) is 0 Å². The van der Waals surface area contributed by atoms with E-state index in [1.807, 2.05) is 0 Å². The molecule has 1 rings (SSSR count). The predicted molar refractivity (Wildman–Crippen MR) is 68.6 cm³/mol. The maximum Gasteiger partial charge on any atom is 0.150 e. The third kappa shape index (κ3) is 2.93. The van der Waals surface area contributed by atoms with Gasteiger partial charge in [0.15, 0.2) is 0 Å². The Morgan fingerprint density at radius 2 is 1.57 bits per heavy atom. The first-order valence-corrected chi connectivity index (χ1v) is 12.1. The Morgan fingerprint density at radius 1 is 1.00 bits per heavy atom. The van der Waals surface area contributed by atoms with E-state index in [-0.39, 0.29) is 0 Å². The number of hydrogen-bond donors (Lipinski definition) is 0. The zero-order valence-electron chi connectivity index (χ0n) is 10.3. The van der Waals surface area contributed by atoms with E-state index in [2.05, 4.69) is 59.7 Å². The summed E-state index contributed by atoms with van der Waals surface area (Å²) in [4.78, 5) is 4.47. The third-order valence-electron chi connectivity index (χ3n) is 2.61. The molecule has 0 bridgehead atoms. The van der Waals surface area contributed by atoms with Crippen LogP contribution in [-0.4, -0.2) is 45.3 Å². The Morgan fingerprint density at radius 3 is 2.00 bits per heavy atom. The van der Waals surface area contributed by atoms with Gasteiger partial charge in [-0.25, -0.2) is 0 Å². The summed E-state index contributed by atoms with van der Waals surface area (Å²) < 4.78 is 5.00. The summed E-state index contributed by atoms with van der Waals surface area (Å²) in [6, 6.07) is 0. The van der Waals surface area contributed by atoms with Crippen LogP contribution in [0.1, 0.15) is 0 Å². The lowest BCUT2D eigenvalue weighted by molar-refractivity contribution is 0.335. The van der Waals surface area contributed by atoms with E-state index in [0.29, 0.717) is 0 Å². The molecule has 0 fully saturated rings. The molecule has 0 aliphatic carbocycles. The Labute approximate surface area is 90.0 Å². The van der Waals surface area contributed by atoms with Crippen molar-refractivity contribution in [3.63, 3.8) is 0 Å². The van der Waals surface area contributed by atoms with Crippen molar-refractivity contribution in [2.24, 2.45) is 4.99 Å². The molecule has 0 aromatic rings. The fourth-order valence-corrected chi connectivity index (χ4v) is 3.56. The molecule has 0 saturated carbocycles. The van der Waals surface area contributed by atoms with Gasteiger partial charge in [0.25, 0.3) is 0 Å². The molecule has 5 heteroatoms. The predicted octanol–water partition coefficient (Wildman–Crippen LogP) is 2.22. The van der Waals surface area contributed by atoms with Gasteiger partial charge < -0.3 is 4.57 Å². The Hall–Kier alpha value is -0.136. The minimum absolute atomic E-state index is 0.900. The zero-order chi connectivity index (χ0) is 11.0. The summed E-state index contributed by atoms with van der Waals surface area (Å²) in [5.74, 6) is 0. The van der Waals surface area contributed by atoms with Gasteiger partial charge in [-0.2, -0.15) is 0 Å². The lowest BCUT2D eigenvalue weighted by Crippen LogP contribution is -2.59. The van der Waals surface area contributed by atoms with Crippen LogP contribution in [0.25, 0.3) is 0 Å². The molecule has 0 unspecified atom stereocenters. The van der Waals surface area contributed by atoms with Crippen LogP contribution in [0.4, 0.5) is 0 Å². The van der Waals surface area contributed by atoms with Crippen molar-refractivity contribution in [3.8, 4) is 0 Å². The maximum atomic E-state index is 4.47. The topological polar surface area (TPSA) is 18.8 Å². The maximum absolute atomic E-state index is 4.47. The second kappa shape index (κ2) is 3.79. The van der Waals surface area contributed by atoms with Gasteiger partial charge in [0.2, 0.25) is 0 Å². The van der Waals surface area contributed by atoms with Gasteiger partial charge in [0, 0.05) is 0 Å². The van der Waals surface area contributed by atoms with Gasteiger partial charge >= 0.3 is 0 Å². The van der Waals surface area contributed by atoms with Crippen LogP contribution in [0, 0.1) is 0 Å². The van der Waals surface area contributed by atoms with E-state index in [1.165, 1.54) is 0 Å². The van der Waals surface area contributed by atoms with Crippen LogP contribution in [0.3, 0.4) is 0 Å². The summed E-state index contributed by atoms with van der Waals surface area (Å²) in [6.07, 6.45) is 2.06. The normalized spacial score (nSPS) is 20.3. The third-order valence-corrected chi connectivity index (χ3v) is 6.77. The van der Waals surface area contributed by atoms with E-state index >= 15 is 0 Å². The second-order valence-corrected chi connectivity index (χ2v) is 15.8. The van der Waals surface area contributed by atoms with Crippen molar-refractivity contribution in [1.82, 2.24) is 9.13 Å². The molecule has 0 radical (unpaired) electrons. The van der Waals surface area contributed by atoms with Crippen LogP contribution >= 0.6 is 0 Å². The highest BCUT2D eigenvalue weighted by Crippen LogP contribution is 2.16. The highest BCUT2D eigenvalue weighted by atomic mass is 28.3. The van der Waals surface area contributed by atoms with Gasteiger partial charge in [-0.1, -0.05) is 39.3 Å². The first kappa shape index (κ1) is 11.9. The van der Waals surface area contributed by atoms with E-state index < -0.39 is 16.5 Å². The first-order chi connectivity index (χ1) is 6.21. The van der Waals surface area contributed by atoms with Gasteiger partial charge in [-0.05, 0) is 0 Å². The monoisotopic (exact) mass is 229 g/mol. The minimum atomic E-state index is -1.21. The summed E-state index contributed by atoms with van der Waals surface area (Å²) >= 11 is 0. The number of aliphatic imine (C=N–C) groups is 1. The van der Waals surface area contributed by atoms with Crippen molar-refractivity contribution in [2.45, 2.75) is 39.3 Å². The molecule has 0 N–H and O–H groups in total. The average molecular weight is 229 g/mol. The average Bonchev–Trinajstić information content (AvgIpc) is 2.01. The van der Waals surface area contributed by atoms with Crippen LogP contribution < -0.4 is 0 Å². The molecule has 14 heavy (non-hydrogen) atoms. The summed E-state index contributed by atoms with van der Waals surface area (Å²) in [6.45, 7) is 16.3. The molecule has 0 saturated heterocycles. The van der Waals surface area contributed by atoms with Crippen LogP contribution in [0.5, 0.6) is 0 Å².